The van der Waals surface area contributed by atoms with Crippen molar-refractivity contribution in [3.8, 4) is 11.1 Å². The Balaban J connectivity index is 1.47. The van der Waals surface area contributed by atoms with Crippen LogP contribution in [0.2, 0.25) is 0 Å². The highest BCUT2D eigenvalue weighted by atomic mass is 32.1. The minimum absolute atomic E-state index is 0.960. The van der Waals surface area contributed by atoms with Gasteiger partial charge in [0.25, 0.3) is 0 Å². The van der Waals surface area contributed by atoms with E-state index in [-0.39, 0.29) is 0 Å². The lowest BCUT2D eigenvalue weighted by molar-refractivity contribution is 0.337. The number of nitrogens with zero attached hydrogens (tertiary/aromatic N) is 3. The predicted octanol–water partition coefficient (Wildman–Crippen LogP) is 4.26. The van der Waals surface area contributed by atoms with Crippen molar-refractivity contribution in [2.75, 3.05) is 31.5 Å². The fourth-order valence-corrected chi connectivity index (χ4v) is 4.31. The Morgan fingerprint density at radius 1 is 1.08 bits per heavy atom. The molecule has 0 saturated carbocycles. The van der Waals surface area contributed by atoms with Crippen molar-refractivity contribution in [1.29, 1.82) is 0 Å². The molecule has 1 aliphatic heterocycles. The molecule has 0 atom stereocenters. The van der Waals surface area contributed by atoms with Gasteiger partial charge in [0.2, 0.25) is 0 Å². The third kappa shape index (κ3) is 3.28. The first kappa shape index (κ1) is 15.5. The highest BCUT2D eigenvalue weighted by Crippen LogP contribution is 2.35. The van der Waals surface area contributed by atoms with Crippen molar-refractivity contribution < 1.29 is 0 Å². The minimum atomic E-state index is 0.960. The molecule has 1 aromatic carbocycles. The summed E-state index contributed by atoms with van der Waals surface area (Å²) in [6.07, 6.45) is 5.54. The van der Waals surface area contributed by atoms with E-state index in [4.69, 9.17) is 0 Å². The van der Waals surface area contributed by atoms with Gasteiger partial charge in [-0.1, -0.05) is 30.3 Å². The maximum atomic E-state index is 4.52. The third-order valence-corrected chi connectivity index (χ3v) is 5.56. The Bertz CT molecular complexity index is 793. The first-order valence-electron chi connectivity index (χ1n) is 8.66. The van der Waals surface area contributed by atoms with E-state index in [0.717, 1.165) is 29.0 Å². The van der Waals surface area contributed by atoms with Gasteiger partial charge in [-0.3, -0.25) is 0 Å². The van der Waals surface area contributed by atoms with Gasteiger partial charge in [-0.25, -0.2) is 9.97 Å². The van der Waals surface area contributed by atoms with Gasteiger partial charge in [0.05, 0.1) is 10.2 Å². The molecule has 24 heavy (non-hydrogen) atoms. The smallest absolute Gasteiger partial charge is 0.147 e. The molecule has 4 rings (SSSR count). The van der Waals surface area contributed by atoms with Gasteiger partial charge in [0, 0.05) is 17.5 Å². The van der Waals surface area contributed by atoms with Crippen LogP contribution in [-0.4, -0.2) is 41.0 Å². The van der Waals surface area contributed by atoms with E-state index >= 15 is 0 Å². The standard InChI is InChI=1S/C19H22N4S/c1-2-7-15(8-3-1)16-13-24-18-17(16)21-14-22-19(18)20-9-6-12-23-10-4-5-11-23/h1-3,7-8,13-14H,4-6,9-12H2,(H,20,21,22). The number of hydrogen-bond acceptors (Lipinski definition) is 5. The third-order valence-electron chi connectivity index (χ3n) is 4.58. The van der Waals surface area contributed by atoms with Gasteiger partial charge in [0.15, 0.2) is 0 Å². The topological polar surface area (TPSA) is 41.0 Å². The second-order valence-electron chi connectivity index (χ2n) is 6.24. The fraction of sp³-hybridized carbons (Fsp3) is 0.368. The minimum Gasteiger partial charge on any atom is -0.369 e. The average molecular weight is 338 g/mol. The van der Waals surface area contributed by atoms with Crippen LogP contribution in [0.1, 0.15) is 19.3 Å². The molecular formula is C19H22N4S. The summed E-state index contributed by atoms with van der Waals surface area (Å²) in [5.41, 5.74) is 3.45. The SMILES string of the molecule is c1ccc(-c2csc3c(NCCCN4CCCC4)ncnc23)cc1. The monoisotopic (exact) mass is 338 g/mol. The summed E-state index contributed by atoms with van der Waals surface area (Å²) in [5, 5.41) is 5.69. The Morgan fingerprint density at radius 3 is 2.75 bits per heavy atom. The fourth-order valence-electron chi connectivity index (χ4n) is 3.31. The average Bonchev–Trinajstić information content (AvgIpc) is 3.29. The molecule has 0 spiro atoms. The quantitative estimate of drug-likeness (QED) is 0.682. The van der Waals surface area contributed by atoms with E-state index in [9.17, 15) is 0 Å². The summed E-state index contributed by atoms with van der Waals surface area (Å²) in [4.78, 5) is 11.5. The van der Waals surface area contributed by atoms with Crippen LogP contribution in [0.25, 0.3) is 21.3 Å². The molecule has 0 radical (unpaired) electrons. The van der Waals surface area contributed by atoms with Crippen LogP contribution in [-0.2, 0) is 0 Å². The number of nitrogens with one attached hydrogen (secondary N) is 1. The summed E-state index contributed by atoms with van der Waals surface area (Å²) >= 11 is 1.72. The van der Waals surface area contributed by atoms with Crippen molar-refractivity contribution in [1.82, 2.24) is 14.9 Å². The molecule has 3 heterocycles. The van der Waals surface area contributed by atoms with Crippen LogP contribution in [0.5, 0.6) is 0 Å². The molecule has 1 aliphatic rings. The van der Waals surface area contributed by atoms with Crippen LogP contribution in [0, 0.1) is 0 Å². The molecule has 1 N–H and O–H groups in total. The van der Waals surface area contributed by atoms with Crippen molar-refractivity contribution in [3.63, 3.8) is 0 Å². The van der Waals surface area contributed by atoms with Gasteiger partial charge in [-0.05, 0) is 44.5 Å². The highest BCUT2D eigenvalue weighted by molar-refractivity contribution is 7.18. The number of rotatable bonds is 6. The normalized spacial score (nSPS) is 15.2. The Labute approximate surface area is 146 Å². The van der Waals surface area contributed by atoms with E-state index in [1.807, 2.05) is 6.07 Å². The number of benzene rings is 1. The number of fused-ring (bicyclic) bond motifs is 1. The summed E-state index contributed by atoms with van der Waals surface area (Å²) in [6, 6.07) is 10.4. The lowest BCUT2D eigenvalue weighted by Gasteiger charge is -2.14. The van der Waals surface area contributed by atoms with Gasteiger partial charge < -0.3 is 10.2 Å². The molecule has 0 aliphatic carbocycles. The number of thiophene rings is 1. The Kier molecular flexibility index (Phi) is 4.71. The second-order valence-corrected chi connectivity index (χ2v) is 7.12. The molecule has 1 fully saturated rings. The summed E-state index contributed by atoms with van der Waals surface area (Å²) in [6.45, 7) is 4.67. The van der Waals surface area contributed by atoms with Crippen LogP contribution in [0.4, 0.5) is 5.82 Å². The lowest BCUT2D eigenvalue weighted by Crippen LogP contribution is -2.22. The molecule has 0 amide bonds. The summed E-state index contributed by atoms with van der Waals surface area (Å²) in [5.74, 6) is 0.966. The molecule has 3 aromatic rings. The summed E-state index contributed by atoms with van der Waals surface area (Å²) < 4.78 is 1.15. The Morgan fingerprint density at radius 2 is 1.92 bits per heavy atom. The first-order chi connectivity index (χ1) is 11.9. The van der Waals surface area contributed by atoms with Crippen molar-refractivity contribution in [2.45, 2.75) is 19.3 Å². The molecular weight excluding hydrogens is 316 g/mol. The molecule has 1 saturated heterocycles. The van der Waals surface area contributed by atoms with E-state index < -0.39 is 0 Å². The van der Waals surface area contributed by atoms with Crippen LogP contribution in [0.3, 0.4) is 0 Å². The zero-order chi connectivity index (χ0) is 16.2. The van der Waals surface area contributed by atoms with E-state index in [1.165, 1.54) is 43.6 Å². The van der Waals surface area contributed by atoms with E-state index in [1.54, 1.807) is 17.7 Å². The van der Waals surface area contributed by atoms with Gasteiger partial charge in [-0.2, -0.15) is 0 Å². The summed E-state index contributed by atoms with van der Waals surface area (Å²) in [7, 11) is 0. The number of hydrogen-bond donors (Lipinski definition) is 1. The molecule has 2 aromatic heterocycles. The first-order valence-corrected chi connectivity index (χ1v) is 9.53. The zero-order valence-electron chi connectivity index (χ0n) is 13.7. The second kappa shape index (κ2) is 7.28. The van der Waals surface area contributed by atoms with Crippen molar-refractivity contribution in [3.05, 3.63) is 42.0 Å². The molecule has 0 unspecified atom stereocenters. The number of anilines is 1. The predicted molar refractivity (Wildman–Crippen MR) is 102 cm³/mol. The van der Waals surface area contributed by atoms with E-state index in [0.29, 0.717) is 0 Å². The van der Waals surface area contributed by atoms with Crippen molar-refractivity contribution >= 4 is 27.4 Å². The van der Waals surface area contributed by atoms with Gasteiger partial charge >= 0.3 is 0 Å². The van der Waals surface area contributed by atoms with Crippen LogP contribution < -0.4 is 5.32 Å². The van der Waals surface area contributed by atoms with Crippen LogP contribution in [0.15, 0.2) is 42.0 Å². The maximum absolute atomic E-state index is 4.52. The molecule has 0 bridgehead atoms. The Hall–Kier alpha value is -1.98. The molecule has 124 valence electrons. The largest absolute Gasteiger partial charge is 0.369 e. The van der Waals surface area contributed by atoms with Gasteiger partial charge in [-0.15, -0.1) is 11.3 Å². The van der Waals surface area contributed by atoms with Gasteiger partial charge in [0.1, 0.15) is 12.1 Å². The number of aromatic nitrogens is 2. The molecule has 5 heteroatoms. The zero-order valence-corrected chi connectivity index (χ0v) is 14.6. The van der Waals surface area contributed by atoms with Crippen molar-refractivity contribution in [2.24, 2.45) is 0 Å². The highest BCUT2D eigenvalue weighted by Gasteiger charge is 2.13. The van der Waals surface area contributed by atoms with E-state index in [2.05, 4.69) is 49.8 Å². The van der Waals surface area contributed by atoms with Crippen LogP contribution >= 0.6 is 11.3 Å². The lowest BCUT2D eigenvalue weighted by atomic mass is 10.1. The molecule has 4 nitrogen and oxygen atoms in total. The maximum Gasteiger partial charge on any atom is 0.147 e. The number of likely N-dealkylation sites (tertiary alicyclic amines) is 1.